The third kappa shape index (κ3) is 3.35. The Bertz CT molecular complexity index is 168. The topological polar surface area (TPSA) is 46.5 Å². The summed E-state index contributed by atoms with van der Waals surface area (Å²) in [6.45, 7) is 2.72. The molecule has 2 unspecified atom stereocenters. The molecular weight excluding hydrogens is 168 g/mol. The molecule has 1 N–H and O–H groups in total. The third-order valence-electron chi connectivity index (χ3n) is 2.67. The number of carboxylic acids is 1. The summed E-state index contributed by atoms with van der Waals surface area (Å²) in [5.74, 6) is -0.775. The number of hydrogen-bond donors (Lipinski definition) is 1. The average molecular weight is 186 g/mol. The zero-order valence-corrected chi connectivity index (χ0v) is 8.16. The molecule has 76 valence electrons. The van der Waals surface area contributed by atoms with Crippen molar-refractivity contribution in [2.24, 2.45) is 5.92 Å². The number of hydrogen-bond acceptors (Lipinski definition) is 2. The van der Waals surface area contributed by atoms with Gasteiger partial charge in [-0.25, -0.2) is 0 Å². The molecule has 3 nitrogen and oxygen atoms in total. The Labute approximate surface area is 79.1 Å². The highest BCUT2D eigenvalue weighted by molar-refractivity contribution is 5.69. The Morgan fingerprint density at radius 1 is 1.38 bits per heavy atom. The van der Waals surface area contributed by atoms with Gasteiger partial charge < -0.3 is 9.84 Å². The molecule has 0 spiro atoms. The van der Waals surface area contributed by atoms with Crippen molar-refractivity contribution < 1.29 is 14.6 Å². The van der Waals surface area contributed by atoms with Crippen molar-refractivity contribution >= 4 is 5.97 Å². The average Bonchev–Trinajstić information content (AvgIpc) is 2.30. The molecule has 1 aliphatic carbocycles. The number of rotatable bonds is 3. The van der Waals surface area contributed by atoms with E-state index in [0.717, 1.165) is 38.7 Å². The number of carbonyl (C=O) groups is 1. The van der Waals surface area contributed by atoms with Crippen molar-refractivity contribution in [2.45, 2.75) is 45.1 Å². The Kier molecular flexibility index (Phi) is 4.22. The Morgan fingerprint density at radius 3 is 2.77 bits per heavy atom. The molecule has 2 atom stereocenters. The summed E-state index contributed by atoms with van der Waals surface area (Å²) < 4.78 is 5.50. The van der Waals surface area contributed by atoms with Crippen LogP contribution in [0.25, 0.3) is 0 Å². The number of carboxylic acid groups (broad SMARTS) is 1. The van der Waals surface area contributed by atoms with E-state index in [4.69, 9.17) is 9.84 Å². The van der Waals surface area contributed by atoms with Gasteiger partial charge in [-0.15, -0.1) is 0 Å². The first-order valence-electron chi connectivity index (χ1n) is 5.08. The predicted octanol–water partition coefficient (Wildman–Crippen LogP) is 2.06. The van der Waals surface area contributed by atoms with Crippen LogP contribution >= 0.6 is 0 Å². The molecule has 0 aromatic rings. The summed E-state index contributed by atoms with van der Waals surface area (Å²) in [5.41, 5.74) is 0. The summed E-state index contributed by atoms with van der Waals surface area (Å²) >= 11 is 0. The van der Waals surface area contributed by atoms with Gasteiger partial charge in [0, 0.05) is 6.61 Å². The largest absolute Gasteiger partial charge is 0.481 e. The molecule has 1 aliphatic rings. The van der Waals surface area contributed by atoms with E-state index in [1.165, 1.54) is 0 Å². The van der Waals surface area contributed by atoms with Crippen molar-refractivity contribution in [1.82, 2.24) is 0 Å². The smallest absolute Gasteiger partial charge is 0.306 e. The van der Waals surface area contributed by atoms with Crippen molar-refractivity contribution in [3.63, 3.8) is 0 Å². The molecule has 0 amide bonds. The molecule has 1 fully saturated rings. The van der Waals surface area contributed by atoms with Gasteiger partial charge in [0.2, 0.25) is 0 Å². The van der Waals surface area contributed by atoms with Crippen LogP contribution in [-0.4, -0.2) is 23.8 Å². The minimum absolute atomic E-state index is 0.134. The van der Waals surface area contributed by atoms with E-state index in [0.29, 0.717) is 6.10 Å². The lowest BCUT2D eigenvalue weighted by Gasteiger charge is -2.13. The Morgan fingerprint density at radius 2 is 2.15 bits per heavy atom. The molecule has 13 heavy (non-hydrogen) atoms. The molecule has 0 heterocycles. The highest BCUT2D eigenvalue weighted by atomic mass is 16.5. The lowest BCUT2D eigenvalue weighted by molar-refractivity contribution is -0.142. The molecule has 1 rings (SSSR count). The second kappa shape index (κ2) is 5.22. The molecule has 1 saturated carbocycles. The van der Waals surface area contributed by atoms with E-state index in [9.17, 15) is 4.79 Å². The first-order valence-corrected chi connectivity index (χ1v) is 5.08. The van der Waals surface area contributed by atoms with Gasteiger partial charge in [0.1, 0.15) is 0 Å². The fourth-order valence-electron chi connectivity index (χ4n) is 1.92. The van der Waals surface area contributed by atoms with E-state index in [2.05, 4.69) is 0 Å². The number of aliphatic carboxylic acids is 1. The molecule has 0 bridgehead atoms. The fraction of sp³-hybridized carbons (Fsp3) is 0.900. The Balaban J connectivity index is 2.35. The first kappa shape index (κ1) is 10.5. The van der Waals surface area contributed by atoms with Crippen LogP contribution in [-0.2, 0) is 9.53 Å². The van der Waals surface area contributed by atoms with Crippen LogP contribution in [0.1, 0.15) is 39.0 Å². The minimum Gasteiger partial charge on any atom is -0.481 e. The molecule has 0 aromatic heterocycles. The zero-order chi connectivity index (χ0) is 9.68. The second-order valence-electron chi connectivity index (χ2n) is 3.62. The first-order chi connectivity index (χ1) is 6.24. The Hall–Kier alpha value is -0.570. The van der Waals surface area contributed by atoms with Crippen LogP contribution < -0.4 is 0 Å². The summed E-state index contributed by atoms with van der Waals surface area (Å²) in [5, 5.41) is 8.84. The third-order valence-corrected chi connectivity index (χ3v) is 2.67. The predicted molar refractivity (Wildman–Crippen MR) is 49.6 cm³/mol. The van der Waals surface area contributed by atoms with Gasteiger partial charge in [0.05, 0.1) is 12.0 Å². The van der Waals surface area contributed by atoms with Gasteiger partial charge in [-0.05, 0) is 32.6 Å². The molecular formula is C10H18O3. The minimum atomic E-state index is -0.642. The second-order valence-corrected chi connectivity index (χ2v) is 3.62. The van der Waals surface area contributed by atoms with Crippen LogP contribution in [0.5, 0.6) is 0 Å². The van der Waals surface area contributed by atoms with Gasteiger partial charge >= 0.3 is 5.97 Å². The zero-order valence-electron chi connectivity index (χ0n) is 8.16. The van der Waals surface area contributed by atoms with Crippen molar-refractivity contribution in [3.8, 4) is 0 Å². The monoisotopic (exact) mass is 186 g/mol. The van der Waals surface area contributed by atoms with Crippen molar-refractivity contribution in [1.29, 1.82) is 0 Å². The normalized spacial score (nSPS) is 29.6. The van der Waals surface area contributed by atoms with Gasteiger partial charge in [0.25, 0.3) is 0 Å². The molecule has 3 heteroatoms. The summed E-state index contributed by atoms with van der Waals surface area (Å²) in [7, 11) is 0. The lowest BCUT2D eigenvalue weighted by Crippen LogP contribution is -2.14. The summed E-state index contributed by atoms with van der Waals surface area (Å²) in [4.78, 5) is 10.7. The maximum atomic E-state index is 10.7. The number of ether oxygens (including phenoxy) is 1. The van der Waals surface area contributed by atoms with Crippen LogP contribution in [0.2, 0.25) is 0 Å². The van der Waals surface area contributed by atoms with Gasteiger partial charge in [-0.1, -0.05) is 6.42 Å². The quantitative estimate of drug-likeness (QED) is 0.686. The SMILES string of the molecule is CCOC1CCCC(C(=O)O)CC1. The summed E-state index contributed by atoms with van der Waals surface area (Å²) in [6, 6.07) is 0. The highest BCUT2D eigenvalue weighted by Gasteiger charge is 2.23. The van der Waals surface area contributed by atoms with Crippen LogP contribution in [0.15, 0.2) is 0 Å². The van der Waals surface area contributed by atoms with Crippen LogP contribution in [0.3, 0.4) is 0 Å². The van der Waals surface area contributed by atoms with E-state index in [1.807, 2.05) is 6.92 Å². The van der Waals surface area contributed by atoms with E-state index < -0.39 is 5.97 Å². The fourth-order valence-corrected chi connectivity index (χ4v) is 1.92. The summed E-state index contributed by atoms with van der Waals surface area (Å²) in [6.07, 6.45) is 4.82. The van der Waals surface area contributed by atoms with Crippen molar-refractivity contribution in [3.05, 3.63) is 0 Å². The van der Waals surface area contributed by atoms with E-state index >= 15 is 0 Å². The molecule has 0 aliphatic heterocycles. The molecule has 0 aromatic carbocycles. The standard InChI is InChI=1S/C10H18O3/c1-2-13-9-5-3-4-8(6-7-9)10(11)12/h8-9H,2-7H2,1H3,(H,11,12). The van der Waals surface area contributed by atoms with Gasteiger partial charge in [-0.2, -0.15) is 0 Å². The van der Waals surface area contributed by atoms with E-state index in [-0.39, 0.29) is 5.92 Å². The van der Waals surface area contributed by atoms with E-state index in [1.54, 1.807) is 0 Å². The van der Waals surface area contributed by atoms with Gasteiger partial charge in [-0.3, -0.25) is 4.79 Å². The van der Waals surface area contributed by atoms with Crippen LogP contribution in [0.4, 0.5) is 0 Å². The maximum absolute atomic E-state index is 10.7. The lowest BCUT2D eigenvalue weighted by atomic mass is 10.0. The van der Waals surface area contributed by atoms with Gasteiger partial charge in [0.15, 0.2) is 0 Å². The van der Waals surface area contributed by atoms with Crippen molar-refractivity contribution in [2.75, 3.05) is 6.61 Å². The highest BCUT2D eigenvalue weighted by Crippen LogP contribution is 2.24. The molecule has 0 saturated heterocycles. The maximum Gasteiger partial charge on any atom is 0.306 e. The van der Waals surface area contributed by atoms with Crippen LogP contribution in [0, 0.1) is 5.92 Å². The molecule has 0 radical (unpaired) electrons.